The van der Waals surface area contributed by atoms with Crippen molar-refractivity contribution in [3.8, 4) is 5.75 Å². The lowest BCUT2D eigenvalue weighted by Crippen LogP contribution is -2.16. The molecule has 0 saturated heterocycles. The maximum Gasteiger partial charge on any atom is 0.133 e. The van der Waals surface area contributed by atoms with Crippen LogP contribution in [0.2, 0.25) is 0 Å². The Bertz CT molecular complexity index is 386. The van der Waals surface area contributed by atoms with Gasteiger partial charge in [-0.2, -0.15) is 0 Å². The van der Waals surface area contributed by atoms with Gasteiger partial charge in [0.2, 0.25) is 0 Å². The molecule has 17 heavy (non-hydrogen) atoms. The van der Waals surface area contributed by atoms with Crippen molar-refractivity contribution in [2.24, 2.45) is 0 Å². The molecule has 3 heteroatoms. The van der Waals surface area contributed by atoms with E-state index in [9.17, 15) is 4.79 Å². The second kappa shape index (κ2) is 6.40. The van der Waals surface area contributed by atoms with E-state index < -0.39 is 0 Å². The highest BCUT2D eigenvalue weighted by Crippen LogP contribution is 2.29. The summed E-state index contributed by atoms with van der Waals surface area (Å²) < 4.78 is 5.39. The molecule has 0 amide bonds. The standard InChI is InChI=1S/C14H21NO2/c1-10(2)13-8-12(9-15-5-6-16)11(3)7-14(13)17-4/h6-8,10,15H,5,9H2,1-4H3. The Balaban J connectivity index is 2.97. The van der Waals surface area contributed by atoms with Crippen LogP contribution in [-0.2, 0) is 11.3 Å². The lowest BCUT2D eigenvalue weighted by molar-refractivity contribution is -0.107. The van der Waals surface area contributed by atoms with Gasteiger partial charge < -0.3 is 14.8 Å². The second-order valence-corrected chi connectivity index (χ2v) is 4.47. The summed E-state index contributed by atoms with van der Waals surface area (Å²) in [7, 11) is 1.70. The minimum Gasteiger partial charge on any atom is -0.496 e. The van der Waals surface area contributed by atoms with Crippen LogP contribution in [0.4, 0.5) is 0 Å². The van der Waals surface area contributed by atoms with E-state index in [2.05, 4.69) is 38.2 Å². The topological polar surface area (TPSA) is 38.3 Å². The van der Waals surface area contributed by atoms with Crippen molar-refractivity contribution in [1.29, 1.82) is 0 Å². The van der Waals surface area contributed by atoms with Gasteiger partial charge in [0.25, 0.3) is 0 Å². The number of benzene rings is 1. The summed E-state index contributed by atoms with van der Waals surface area (Å²) in [6.07, 6.45) is 0.877. The van der Waals surface area contributed by atoms with E-state index in [0.717, 1.165) is 12.0 Å². The van der Waals surface area contributed by atoms with Crippen molar-refractivity contribution in [3.05, 3.63) is 28.8 Å². The van der Waals surface area contributed by atoms with Crippen molar-refractivity contribution in [3.63, 3.8) is 0 Å². The lowest BCUT2D eigenvalue weighted by Gasteiger charge is -2.16. The lowest BCUT2D eigenvalue weighted by atomic mass is 9.96. The molecule has 0 spiro atoms. The van der Waals surface area contributed by atoms with Crippen molar-refractivity contribution in [1.82, 2.24) is 5.32 Å². The summed E-state index contributed by atoms with van der Waals surface area (Å²) in [4.78, 5) is 10.3. The zero-order chi connectivity index (χ0) is 12.8. The summed E-state index contributed by atoms with van der Waals surface area (Å²) in [6.45, 7) is 7.47. The maximum absolute atomic E-state index is 10.3. The molecule has 0 aromatic heterocycles. The monoisotopic (exact) mass is 235 g/mol. The molecule has 1 aromatic carbocycles. The summed E-state index contributed by atoms with van der Waals surface area (Å²) >= 11 is 0. The van der Waals surface area contributed by atoms with Crippen LogP contribution < -0.4 is 10.1 Å². The first-order valence-electron chi connectivity index (χ1n) is 5.92. The van der Waals surface area contributed by atoms with Gasteiger partial charge in [-0.3, -0.25) is 0 Å². The summed E-state index contributed by atoms with van der Waals surface area (Å²) in [6, 6.07) is 4.23. The van der Waals surface area contributed by atoms with E-state index in [1.807, 2.05) is 0 Å². The normalized spacial score (nSPS) is 10.6. The third kappa shape index (κ3) is 3.56. The van der Waals surface area contributed by atoms with Crippen LogP contribution in [0.25, 0.3) is 0 Å². The smallest absolute Gasteiger partial charge is 0.133 e. The molecule has 1 N–H and O–H groups in total. The van der Waals surface area contributed by atoms with E-state index >= 15 is 0 Å². The number of nitrogens with one attached hydrogen (secondary N) is 1. The quantitative estimate of drug-likeness (QED) is 0.608. The molecular weight excluding hydrogens is 214 g/mol. The Morgan fingerprint density at radius 1 is 1.41 bits per heavy atom. The van der Waals surface area contributed by atoms with Crippen LogP contribution in [0.5, 0.6) is 5.75 Å². The number of aryl methyl sites for hydroxylation is 1. The summed E-state index contributed by atoms with van der Waals surface area (Å²) in [5.41, 5.74) is 3.61. The van der Waals surface area contributed by atoms with Crippen LogP contribution in [-0.4, -0.2) is 19.9 Å². The van der Waals surface area contributed by atoms with Gasteiger partial charge in [0.15, 0.2) is 0 Å². The van der Waals surface area contributed by atoms with Crippen molar-refractivity contribution in [2.45, 2.75) is 33.2 Å². The van der Waals surface area contributed by atoms with Crippen LogP contribution in [0, 0.1) is 6.92 Å². The van der Waals surface area contributed by atoms with Crippen molar-refractivity contribution < 1.29 is 9.53 Å². The highest BCUT2D eigenvalue weighted by atomic mass is 16.5. The summed E-state index contributed by atoms with van der Waals surface area (Å²) in [5.74, 6) is 1.37. The number of methoxy groups -OCH3 is 1. The van der Waals surface area contributed by atoms with Gasteiger partial charge in [-0.05, 0) is 35.6 Å². The second-order valence-electron chi connectivity index (χ2n) is 4.47. The Labute approximate surface area is 103 Å². The third-order valence-corrected chi connectivity index (χ3v) is 2.85. The number of hydrogen-bond donors (Lipinski definition) is 1. The first-order valence-corrected chi connectivity index (χ1v) is 5.92. The minimum atomic E-state index is 0.391. The molecule has 3 nitrogen and oxygen atoms in total. The SMILES string of the molecule is COc1cc(C)c(CNCC=O)cc1C(C)C. The Morgan fingerprint density at radius 2 is 2.12 bits per heavy atom. The highest BCUT2D eigenvalue weighted by Gasteiger charge is 2.10. The Hall–Kier alpha value is -1.35. The molecular formula is C14H21NO2. The zero-order valence-electron chi connectivity index (χ0n) is 11.0. The molecule has 0 fully saturated rings. The number of ether oxygens (including phenoxy) is 1. The Kier molecular flexibility index (Phi) is 5.16. The summed E-state index contributed by atoms with van der Waals surface area (Å²) in [5, 5.41) is 3.09. The fourth-order valence-corrected chi connectivity index (χ4v) is 1.83. The number of carbonyl (C=O) groups excluding carboxylic acids is 1. The van der Waals surface area contributed by atoms with Crippen LogP contribution in [0.3, 0.4) is 0 Å². The van der Waals surface area contributed by atoms with Gasteiger partial charge in [-0.15, -0.1) is 0 Å². The van der Waals surface area contributed by atoms with Gasteiger partial charge in [0.1, 0.15) is 12.0 Å². The van der Waals surface area contributed by atoms with E-state index in [4.69, 9.17) is 4.74 Å². The van der Waals surface area contributed by atoms with E-state index in [1.54, 1.807) is 7.11 Å². The largest absolute Gasteiger partial charge is 0.496 e. The minimum absolute atomic E-state index is 0.391. The van der Waals surface area contributed by atoms with Crippen molar-refractivity contribution >= 4 is 6.29 Å². The number of aldehydes is 1. The van der Waals surface area contributed by atoms with Crippen molar-refractivity contribution in [2.75, 3.05) is 13.7 Å². The molecule has 0 aliphatic carbocycles. The van der Waals surface area contributed by atoms with Gasteiger partial charge in [-0.1, -0.05) is 19.9 Å². The zero-order valence-corrected chi connectivity index (χ0v) is 11.0. The van der Waals surface area contributed by atoms with Gasteiger partial charge in [-0.25, -0.2) is 0 Å². The Morgan fingerprint density at radius 3 is 2.65 bits per heavy atom. The molecule has 0 aliphatic heterocycles. The molecule has 0 atom stereocenters. The maximum atomic E-state index is 10.3. The van der Waals surface area contributed by atoms with Gasteiger partial charge in [0, 0.05) is 6.54 Å². The van der Waals surface area contributed by atoms with E-state index in [-0.39, 0.29) is 0 Å². The predicted molar refractivity (Wildman–Crippen MR) is 69.6 cm³/mol. The molecule has 0 unspecified atom stereocenters. The fourth-order valence-electron chi connectivity index (χ4n) is 1.83. The first-order chi connectivity index (χ1) is 8.10. The highest BCUT2D eigenvalue weighted by molar-refractivity contribution is 5.52. The van der Waals surface area contributed by atoms with E-state index in [0.29, 0.717) is 19.0 Å². The molecule has 1 rings (SSSR count). The molecule has 1 aromatic rings. The van der Waals surface area contributed by atoms with Gasteiger partial charge in [0.05, 0.1) is 13.7 Å². The molecule has 0 saturated carbocycles. The number of rotatable bonds is 6. The number of carbonyl (C=O) groups is 1. The van der Waals surface area contributed by atoms with Gasteiger partial charge >= 0.3 is 0 Å². The molecule has 0 heterocycles. The third-order valence-electron chi connectivity index (χ3n) is 2.85. The molecule has 0 bridgehead atoms. The predicted octanol–water partition coefficient (Wildman–Crippen LogP) is 2.42. The number of hydrogen-bond acceptors (Lipinski definition) is 3. The first kappa shape index (κ1) is 13.7. The fraction of sp³-hybridized carbons (Fsp3) is 0.500. The average Bonchev–Trinajstić information content (AvgIpc) is 2.30. The van der Waals surface area contributed by atoms with Crippen LogP contribution in [0.1, 0.15) is 36.5 Å². The average molecular weight is 235 g/mol. The van der Waals surface area contributed by atoms with Crippen LogP contribution >= 0.6 is 0 Å². The molecule has 0 aliphatic rings. The van der Waals surface area contributed by atoms with E-state index in [1.165, 1.54) is 16.7 Å². The van der Waals surface area contributed by atoms with Crippen LogP contribution in [0.15, 0.2) is 12.1 Å². The molecule has 0 radical (unpaired) electrons. The molecule has 94 valence electrons.